The van der Waals surface area contributed by atoms with Gasteiger partial charge in [-0.3, -0.25) is 9.59 Å². The van der Waals surface area contributed by atoms with Gasteiger partial charge in [0.15, 0.2) is 11.5 Å². The number of ether oxygens (including phenoxy) is 2. The Balaban J connectivity index is 1.89. The van der Waals surface area contributed by atoms with Gasteiger partial charge in [0, 0.05) is 16.7 Å². The van der Waals surface area contributed by atoms with Crippen LogP contribution in [0.5, 0.6) is 11.5 Å². The third-order valence-electron chi connectivity index (χ3n) is 4.84. The standard InChI is InChI=1S/C24H21N3O6S/c1-32-19-10-8-15(12-20(19)33-2)23(29)27-18-11-16(24(30)31)7-9-17(18)26-22(28)14-5-3-13(4-6-14)21(25)34/h3-12H,1-2H3,(H2,25,34)(H,26,28)(H,27,29)(H,30,31). The van der Waals surface area contributed by atoms with Crippen molar-refractivity contribution in [3.05, 3.63) is 82.9 Å². The Morgan fingerprint density at radius 1 is 0.735 bits per heavy atom. The molecule has 0 aliphatic rings. The highest BCUT2D eigenvalue weighted by atomic mass is 32.1. The minimum Gasteiger partial charge on any atom is -0.493 e. The van der Waals surface area contributed by atoms with E-state index in [-0.39, 0.29) is 27.5 Å². The molecule has 10 heteroatoms. The van der Waals surface area contributed by atoms with Gasteiger partial charge in [-0.25, -0.2) is 4.79 Å². The first-order chi connectivity index (χ1) is 16.2. The van der Waals surface area contributed by atoms with Crippen LogP contribution < -0.4 is 25.8 Å². The zero-order chi connectivity index (χ0) is 24.8. The fourth-order valence-corrected chi connectivity index (χ4v) is 3.18. The van der Waals surface area contributed by atoms with Crippen molar-refractivity contribution in [2.45, 2.75) is 0 Å². The number of carbonyl (C=O) groups is 3. The van der Waals surface area contributed by atoms with Crippen LogP contribution >= 0.6 is 12.2 Å². The molecule has 3 rings (SSSR count). The third-order valence-corrected chi connectivity index (χ3v) is 5.08. The predicted molar refractivity (Wildman–Crippen MR) is 131 cm³/mol. The van der Waals surface area contributed by atoms with Crippen LogP contribution in [0.15, 0.2) is 60.7 Å². The second kappa shape index (κ2) is 10.5. The summed E-state index contributed by atoms with van der Waals surface area (Å²) in [5.74, 6) is -1.41. The minimum absolute atomic E-state index is 0.0681. The van der Waals surface area contributed by atoms with Crippen molar-refractivity contribution in [2.75, 3.05) is 24.9 Å². The molecule has 0 heterocycles. The molecular formula is C24H21N3O6S. The number of rotatable bonds is 8. The van der Waals surface area contributed by atoms with Crippen LogP contribution in [0.1, 0.15) is 36.6 Å². The molecule has 0 saturated carbocycles. The van der Waals surface area contributed by atoms with Crippen molar-refractivity contribution in [3.63, 3.8) is 0 Å². The molecule has 0 radical (unpaired) electrons. The van der Waals surface area contributed by atoms with Gasteiger partial charge >= 0.3 is 5.97 Å². The van der Waals surface area contributed by atoms with E-state index in [1.54, 1.807) is 30.3 Å². The number of nitrogens with one attached hydrogen (secondary N) is 2. The third kappa shape index (κ3) is 5.48. The molecular weight excluding hydrogens is 458 g/mol. The highest BCUT2D eigenvalue weighted by molar-refractivity contribution is 7.80. The van der Waals surface area contributed by atoms with E-state index in [4.69, 9.17) is 27.4 Å². The van der Waals surface area contributed by atoms with E-state index in [1.807, 2.05) is 0 Å². The SMILES string of the molecule is COc1ccc(C(=O)Nc2cc(C(=O)O)ccc2NC(=O)c2ccc(C(N)=S)cc2)cc1OC. The van der Waals surface area contributed by atoms with E-state index in [2.05, 4.69) is 10.6 Å². The number of carboxylic acids is 1. The topological polar surface area (TPSA) is 140 Å². The van der Waals surface area contributed by atoms with Crippen molar-refractivity contribution in [3.8, 4) is 11.5 Å². The number of amides is 2. The summed E-state index contributed by atoms with van der Waals surface area (Å²) >= 11 is 4.91. The van der Waals surface area contributed by atoms with Crippen LogP contribution in [0.2, 0.25) is 0 Å². The molecule has 174 valence electrons. The predicted octanol–water partition coefficient (Wildman–Crippen LogP) is 3.54. The summed E-state index contributed by atoms with van der Waals surface area (Å²) in [4.78, 5) is 37.3. The maximum Gasteiger partial charge on any atom is 0.335 e. The molecule has 0 unspecified atom stereocenters. The minimum atomic E-state index is -1.19. The molecule has 0 aromatic heterocycles. The number of benzene rings is 3. The first-order valence-electron chi connectivity index (χ1n) is 9.85. The summed E-state index contributed by atoms with van der Waals surface area (Å²) in [6.45, 7) is 0. The highest BCUT2D eigenvalue weighted by Gasteiger charge is 2.17. The van der Waals surface area contributed by atoms with Crippen LogP contribution in [0.25, 0.3) is 0 Å². The van der Waals surface area contributed by atoms with Crippen LogP contribution in [-0.4, -0.2) is 42.1 Å². The molecule has 0 saturated heterocycles. The number of anilines is 2. The summed E-state index contributed by atoms with van der Waals surface area (Å²) in [5, 5.41) is 14.7. The summed E-state index contributed by atoms with van der Waals surface area (Å²) in [7, 11) is 2.92. The van der Waals surface area contributed by atoms with E-state index in [9.17, 15) is 19.5 Å². The van der Waals surface area contributed by atoms with E-state index >= 15 is 0 Å². The van der Waals surface area contributed by atoms with Gasteiger partial charge in [0.1, 0.15) is 4.99 Å². The van der Waals surface area contributed by atoms with Gasteiger partial charge in [0.25, 0.3) is 11.8 Å². The first-order valence-corrected chi connectivity index (χ1v) is 10.3. The average Bonchev–Trinajstić information content (AvgIpc) is 2.84. The maximum atomic E-state index is 12.9. The number of carboxylic acid groups (broad SMARTS) is 1. The Labute approximate surface area is 200 Å². The van der Waals surface area contributed by atoms with Gasteiger partial charge in [0.05, 0.1) is 31.2 Å². The normalized spacial score (nSPS) is 10.2. The zero-order valence-corrected chi connectivity index (χ0v) is 19.1. The number of nitrogens with two attached hydrogens (primary N) is 1. The molecule has 3 aromatic carbocycles. The van der Waals surface area contributed by atoms with Crippen LogP contribution in [0, 0.1) is 0 Å². The second-order valence-corrected chi connectivity index (χ2v) is 7.42. The van der Waals surface area contributed by atoms with Crippen molar-refractivity contribution < 1.29 is 29.0 Å². The Hall–Kier alpha value is -4.44. The van der Waals surface area contributed by atoms with Crippen molar-refractivity contribution in [2.24, 2.45) is 5.73 Å². The monoisotopic (exact) mass is 479 g/mol. The number of hydrogen-bond acceptors (Lipinski definition) is 6. The molecule has 0 aliphatic heterocycles. The van der Waals surface area contributed by atoms with Crippen molar-refractivity contribution in [1.82, 2.24) is 0 Å². The Morgan fingerprint density at radius 3 is 1.85 bits per heavy atom. The average molecular weight is 480 g/mol. The number of thiocarbonyl (C=S) groups is 1. The van der Waals surface area contributed by atoms with E-state index in [1.165, 1.54) is 44.6 Å². The lowest BCUT2D eigenvalue weighted by Gasteiger charge is -2.14. The fraction of sp³-hybridized carbons (Fsp3) is 0.0833. The van der Waals surface area contributed by atoms with Crippen LogP contribution in [0.4, 0.5) is 11.4 Å². The van der Waals surface area contributed by atoms with Crippen molar-refractivity contribution in [1.29, 1.82) is 0 Å². The molecule has 0 bridgehead atoms. The fourth-order valence-electron chi connectivity index (χ4n) is 3.04. The number of methoxy groups -OCH3 is 2. The maximum absolute atomic E-state index is 12.9. The largest absolute Gasteiger partial charge is 0.493 e. The molecule has 0 atom stereocenters. The summed E-state index contributed by atoms with van der Waals surface area (Å²) in [5.41, 5.74) is 7.00. The van der Waals surface area contributed by atoms with Gasteiger partial charge in [0.2, 0.25) is 0 Å². The number of aromatic carboxylic acids is 1. The van der Waals surface area contributed by atoms with E-state index in [0.29, 0.717) is 22.6 Å². The molecule has 0 spiro atoms. The van der Waals surface area contributed by atoms with Crippen LogP contribution in [0.3, 0.4) is 0 Å². The van der Waals surface area contributed by atoms with E-state index in [0.717, 1.165) is 0 Å². The molecule has 9 nitrogen and oxygen atoms in total. The van der Waals surface area contributed by atoms with Gasteiger partial charge in [-0.15, -0.1) is 0 Å². The Morgan fingerprint density at radius 2 is 1.26 bits per heavy atom. The van der Waals surface area contributed by atoms with Gasteiger partial charge < -0.3 is 30.9 Å². The van der Waals surface area contributed by atoms with Gasteiger partial charge in [-0.05, 0) is 48.5 Å². The molecule has 5 N–H and O–H groups in total. The lowest BCUT2D eigenvalue weighted by atomic mass is 10.1. The smallest absolute Gasteiger partial charge is 0.335 e. The van der Waals surface area contributed by atoms with Gasteiger partial charge in [-0.1, -0.05) is 24.4 Å². The second-order valence-electron chi connectivity index (χ2n) is 6.99. The van der Waals surface area contributed by atoms with Gasteiger partial charge in [-0.2, -0.15) is 0 Å². The summed E-state index contributed by atoms with van der Waals surface area (Å²) in [6.07, 6.45) is 0. The molecule has 0 fully saturated rings. The molecule has 3 aromatic rings. The van der Waals surface area contributed by atoms with Crippen molar-refractivity contribution >= 4 is 46.4 Å². The summed E-state index contributed by atoms with van der Waals surface area (Å²) < 4.78 is 10.4. The Kier molecular flexibility index (Phi) is 7.44. The van der Waals surface area contributed by atoms with E-state index < -0.39 is 17.8 Å². The zero-order valence-electron chi connectivity index (χ0n) is 18.2. The van der Waals surface area contributed by atoms with Crippen LogP contribution in [-0.2, 0) is 0 Å². The molecule has 0 aliphatic carbocycles. The lowest BCUT2D eigenvalue weighted by molar-refractivity contribution is 0.0696. The number of carbonyl (C=O) groups excluding carboxylic acids is 2. The number of hydrogen-bond donors (Lipinski definition) is 4. The molecule has 34 heavy (non-hydrogen) atoms. The first kappa shape index (κ1) is 24.2. The summed E-state index contributed by atoms with van der Waals surface area (Å²) in [6, 6.07) is 14.9. The lowest BCUT2D eigenvalue weighted by Crippen LogP contribution is -2.18. The Bertz CT molecular complexity index is 1270. The molecule has 2 amide bonds. The quantitative estimate of drug-likeness (QED) is 0.360. The highest BCUT2D eigenvalue weighted by Crippen LogP contribution is 2.29.